The van der Waals surface area contributed by atoms with Gasteiger partial charge in [0, 0.05) is 18.8 Å². The van der Waals surface area contributed by atoms with Gasteiger partial charge in [-0.2, -0.15) is 0 Å². The van der Waals surface area contributed by atoms with Crippen molar-refractivity contribution >= 4 is 40.7 Å². The zero-order valence-electron chi connectivity index (χ0n) is 23.2. The van der Waals surface area contributed by atoms with Gasteiger partial charge in [0.2, 0.25) is 11.8 Å². The molecule has 0 aliphatic carbocycles. The van der Waals surface area contributed by atoms with Gasteiger partial charge in [0.1, 0.15) is 11.6 Å². The maximum Gasteiger partial charge on any atom is 0.253 e. The number of aliphatic hydroxyl groups excluding tert-OH is 1. The van der Waals surface area contributed by atoms with E-state index in [1.807, 2.05) is 37.3 Å². The molecule has 9 heteroatoms. The second kappa shape index (κ2) is 11.8. The van der Waals surface area contributed by atoms with Crippen LogP contribution in [0.2, 0.25) is 5.02 Å². The van der Waals surface area contributed by atoms with Crippen molar-refractivity contribution in [2.45, 2.75) is 50.0 Å². The molecule has 3 aliphatic heterocycles. The Kier molecular flexibility index (Phi) is 8.36. The number of halogens is 1. The van der Waals surface area contributed by atoms with Gasteiger partial charge in [0.05, 0.1) is 41.3 Å². The lowest BCUT2D eigenvalue weighted by Crippen LogP contribution is -2.59. The number of hydrogen-bond acceptors (Lipinski definition) is 5. The summed E-state index contributed by atoms with van der Waals surface area (Å²) >= 11 is 6.52. The van der Waals surface area contributed by atoms with E-state index < -0.39 is 35.6 Å². The van der Waals surface area contributed by atoms with Crippen LogP contribution in [0, 0.1) is 11.8 Å². The summed E-state index contributed by atoms with van der Waals surface area (Å²) in [6, 6.07) is 14.6. The molecule has 2 bridgehead atoms. The molecule has 216 valence electrons. The summed E-state index contributed by atoms with van der Waals surface area (Å²) in [7, 11) is 0. The number of anilines is 2. The molecule has 0 saturated carbocycles. The van der Waals surface area contributed by atoms with Crippen LogP contribution < -0.4 is 9.80 Å². The minimum atomic E-state index is -1.21. The fraction of sp³-hybridized carbons (Fsp3) is 0.406. The summed E-state index contributed by atoms with van der Waals surface area (Å²) < 4.78 is 6.63. The first-order valence-electron chi connectivity index (χ1n) is 14.1. The third-order valence-corrected chi connectivity index (χ3v) is 9.02. The number of rotatable bonds is 11. The highest BCUT2D eigenvalue weighted by Crippen LogP contribution is 2.59. The summed E-state index contributed by atoms with van der Waals surface area (Å²) in [6.45, 7) is 9.62. The fourth-order valence-corrected chi connectivity index (χ4v) is 7.19. The third kappa shape index (κ3) is 4.68. The topological polar surface area (TPSA) is 90.4 Å². The molecule has 0 aromatic heterocycles. The van der Waals surface area contributed by atoms with Gasteiger partial charge in [-0.3, -0.25) is 14.4 Å². The van der Waals surface area contributed by atoms with Gasteiger partial charge in [-0.05, 0) is 43.5 Å². The van der Waals surface area contributed by atoms with Crippen molar-refractivity contribution in [2.75, 3.05) is 29.5 Å². The summed E-state index contributed by atoms with van der Waals surface area (Å²) in [5.74, 6) is -2.59. The van der Waals surface area contributed by atoms with Gasteiger partial charge in [-0.15, -0.1) is 13.2 Å². The Morgan fingerprint density at radius 2 is 1.76 bits per heavy atom. The first-order chi connectivity index (χ1) is 19.8. The van der Waals surface area contributed by atoms with E-state index in [2.05, 4.69) is 13.2 Å². The average Bonchev–Trinajstić information content (AvgIpc) is 3.63. The maximum atomic E-state index is 14.6. The summed E-state index contributed by atoms with van der Waals surface area (Å²) in [4.78, 5) is 47.9. The summed E-state index contributed by atoms with van der Waals surface area (Å²) in [5, 5.41) is 10.7. The summed E-state index contributed by atoms with van der Waals surface area (Å²) in [6.07, 6.45) is 4.16. The highest BCUT2D eigenvalue weighted by Gasteiger charge is 2.75. The molecule has 8 nitrogen and oxygen atoms in total. The zero-order chi connectivity index (χ0) is 29.3. The Morgan fingerprint density at radius 1 is 1.10 bits per heavy atom. The molecule has 3 amide bonds. The van der Waals surface area contributed by atoms with Crippen LogP contribution in [0.25, 0.3) is 0 Å². The number of nitrogens with zero attached hydrogens (tertiary/aromatic N) is 3. The molecular formula is C32H36ClN3O5. The lowest BCUT2D eigenvalue weighted by atomic mass is 9.70. The van der Waals surface area contributed by atoms with E-state index in [1.165, 1.54) is 9.80 Å². The molecule has 2 aromatic rings. The molecule has 2 unspecified atom stereocenters. The van der Waals surface area contributed by atoms with Crippen molar-refractivity contribution in [3.05, 3.63) is 84.9 Å². The summed E-state index contributed by atoms with van der Waals surface area (Å²) in [5.41, 5.74) is -0.0227. The minimum Gasteiger partial charge on any atom is -0.394 e. The van der Waals surface area contributed by atoms with Gasteiger partial charge in [-0.25, -0.2) is 0 Å². The number of amides is 3. The Morgan fingerprint density at radius 3 is 2.39 bits per heavy atom. The van der Waals surface area contributed by atoms with Gasteiger partial charge in [0.25, 0.3) is 5.91 Å². The number of hydrogen-bond donors (Lipinski definition) is 1. The van der Waals surface area contributed by atoms with Gasteiger partial charge >= 0.3 is 0 Å². The smallest absolute Gasteiger partial charge is 0.253 e. The number of likely N-dealkylation sites (tertiary alicyclic amines) is 1. The lowest BCUT2D eigenvalue weighted by molar-refractivity contribution is -0.144. The number of aliphatic hydroxyl groups is 1. The van der Waals surface area contributed by atoms with Gasteiger partial charge in [0.15, 0.2) is 0 Å². The van der Waals surface area contributed by atoms with E-state index in [4.69, 9.17) is 16.3 Å². The van der Waals surface area contributed by atoms with Crippen LogP contribution in [-0.2, 0) is 19.1 Å². The second-order valence-electron chi connectivity index (χ2n) is 10.8. The molecule has 3 aliphatic rings. The van der Waals surface area contributed by atoms with Gasteiger partial charge < -0.3 is 24.5 Å². The Hall–Kier alpha value is -3.46. The largest absolute Gasteiger partial charge is 0.394 e. The van der Waals surface area contributed by atoms with Crippen LogP contribution in [0.1, 0.15) is 26.2 Å². The molecule has 6 atom stereocenters. The number of carbonyl (C=O) groups is 3. The maximum absolute atomic E-state index is 14.6. The molecule has 5 rings (SSSR count). The molecule has 2 aromatic carbocycles. The third-order valence-electron chi connectivity index (χ3n) is 8.70. The lowest BCUT2D eigenvalue weighted by Gasteiger charge is -2.39. The number of para-hydroxylation sites is 2. The fourth-order valence-electron chi connectivity index (χ4n) is 6.95. The molecule has 0 radical (unpaired) electrons. The van der Waals surface area contributed by atoms with Gasteiger partial charge in [-0.1, -0.05) is 61.0 Å². The highest BCUT2D eigenvalue weighted by molar-refractivity contribution is 6.34. The van der Waals surface area contributed by atoms with Crippen LogP contribution >= 0.6 is 11.6 Å². The Labute approximate surface area is 245 Å². The number of fused-ring (bicyclic) bond motifs is 1. The van der Waals surface area contributed by atoms with E-state index >= 15 is 0 Å². The predicted octanol–water partition coefficient (Wildman–Crippen LogP) is 4.22. The molecule has 1 spiro atoms. The number of benzene rings is 2. The quantitative estimate of drug-likeness (QED) is 0.404. The van der Waals surface area contributed by atoms with E-state index in [1.54, 1.807) is 41.3 Å². The van der Waals surface area contributed by atoms with Crippen molar-refractivity contribution in [3.8, 4) is 0 Å². The average molecular weight is 578 g/mol. The molecule has 1 N–H and O–H groups in total. The molecule has 3 saturated heterocycles. The normalized spacial score (nSPS) is 26.9. The van der Waals surface area contributed by atoms with E-state index in [0.29, 0.717) is 35.7 Å². The van der Waals surface area contributed by atoms with Crippen LogP contribution in [0.15, 0.2) is 79.9 Å². The van der Waals surface area contributed by atoms with Crippen LogP contribution in [-0.4, -0.2) is 71.2 Å². The SMILES string of the molecule is C=CCN(C(=O)[C@@H]1[C@H]2C(=O)N([C@@H](CC)CO)C(C(=O)N(CC=C)c3ccccc3Cl)C23CC[C@H]1O3)c1ccccc1. The van der Waals surface area contributed by atoms with Crippen molar-refractivity contribution < 1.29 is 24.2 Å². The standard InChI is InChI=1S/C32H36ClN3O5/c1-4-18-34(22-12-8-7-9-13-22)29(38)26-25-16-17-32(41-25)27(26)30(39)36(21(6-3)20-37)28(32)31(40)35(19-5-2)24-15-11-10-14-23(24)33/h4-5,7-15,21,25-28,37H,1-2,6,16-20H2,3H3/t21-,25+,26-,27-,28?,32?/m0/s1. The van der Waals surface area contributed by atoms with Crippen LogP contribution in [0.5, 0.6) is 0 Å². The monoisotopic (exact) mass is 577 g/mol. The Bertz CT molecular complexity index is 1330. The van der Waals surface area contributed by atoms with Crippen molar-refractivity contribution in [1.29, 1.82) is 0 Å². The minimum absolute atomic E-state index is 0.157. The van der Waals surface area contributed by atoms with Crippen LogP contribution in [0.4, 0.5) is 11.4 Å². The predicted molar refractivity (Wildman–Crippen MR) is 159 cm³/mol. The Balaban J connectivity index is 1.60. The van der Waals surface area contributed by atoms with Crippen LogP contribution in [0.3, 0.4) is 0 Å². The van der Waals surface area contributed by atoms with E-state index in [9.17, 15) is 19.5 Å². The first kappa shape index (κ1) is 29.0. The van der Waals surface area contributed by atoms with Crippen molar-refractivity contribution in [3.63, 3.8) is 0 Å². The van der Waals surface area contributed by atoms with E-state index in [-0.39, 0.29) is 37.4 Å². The highest BCUT2D eigenvalue weighted by atomic mass is 35.5. The van der Waals surface area contributed by atoms with E-state index in [0.717, 1.165) is 0 Å². The molecule has 3 fully saturated rings. The second-order valence-corrected chi connectivity index (χ2v) is 11.2. The molecule has 3 heterocycles. The zero-order valence-corrected chi connectivity index (χ0v) is 24.0. The first-order valence-corrected chi connectivity index (χ1v) is 14.5. The van der Waals surface area contributed by atoms with Crippen molar-refractivity contribution in [2.24, 2.45) is 11.8 Å². The van der Waals surface area contributed by atoms with Crippen molar-refractivity contribution in [1.82, 2.24) is 4.90 Å². The molecule has 41 heavy (non-hydrogen) atoms. The molecular weight excluding hydrogens is 542 g/mol. The number of ether oxygens (including phenoxy) is 1. The number of carbonyl (C=O) groups excluding carboxylic acids is 3.